The first kappa shape index (κ1) is 19.7. The van der Waals surface area contributed by atoms with Crippen molar-refractivity contribution in [2.75, 3.05) is 31.6 Å². The van der Waals surface area contributed by atoms with Crippen LogP contribution >= 0.6 is 0 Å². The van der Waals surface area contributed by atoms with E-state index in [1.54, 1.807) is 12.1 Å². The minimum absolute atomic E-state index is 0.103. The molecule has 28 heavy (non-hydrogen) atoms. The van der Waals surface area contributed by atoms with Crippen molar-refractivity contribution < 1.29 is 9.18 Å². The molecular formula is C23H34FN3O. The average Bonchev–Trinajstić information content (AvgIpc) is 3.34. The Morgan fingerprint density at radius 1 is 1.25 bits per heavy atom. The van der Waals surface area contributed by atoms with Gasteiger partial charge in [-0.25, -0.2) is 4.39 Å². The molecule has 2 aliphatic heterocycles. The number of carbonyl (C=O) groups excluding carboxylic acids is 1. The maximum atomic E-state index is 13.8. The van der Waals surface area contributed by atoms with Crippen LogP contribution < -0.4 is 4.90 Å². The highest BCUT2D eigenvalue weighted by atomic mass is 19.1. The fourth-order valence-electron chi connectivity index (χ4n) is 6.00. The van der Waals surface area contributed by atoms with Crippen LogP contribution in [0.15, 0.2) is 24.3 Å². The lowest BCUT2D eigenvalue weighted by Gasteiger charge is -2.37. The van der Waals surface area contributed by atoms with Gasteiger partial charge in [0.05, 0.1) is 12.1 Å². The number of nitrogens with zero attached hydrogens (tertiary/aromatic N) is 3. The molecule has 1 aromatic rings. The number of rotatable bonds is 4. The molecule has 4 rings (SSSR count). The van der Waals surface area contributed by atoms with Crippen molar-refractivity contribution in [3.63, 3.8) is 0 Å². The zero-order valence-electron chi connectivity index (χ0n) is 17.6. The number of amides is 1. The summed E-state index contributed by atoms with van der Waals surface area (Å²) in [5.74, 6) is 0.0654. The van der Waals surface area contributed by atoms with Crippen molar-refractivity contribution in [1.29, 1.82) is 0 Å². The van der Waals surface area contributed by atoms with Gasteiger partial charge in [-0.05, 0) is 71.2 Å². The van der Waals surface area contributed by atoms with Crippen LogP contribution in [0.25, 0.3) is 0 Å². The van der Waals surface area contributed by atoms with Crippen LogP contribution in [-0.4, -0.2) is 59.5 Å². The second kappa shape index (κ2) is 7.33. The zero-order valence-corrected chi connectivity index (χ0v) is 17.6. The molecule has 4 nitrogen and oxygen atoms in total. The van der Waals surface area contributed by atoms with Crippen LogP contribution in [0.3, 0.4) is 0 Å². The molecule has 1 saturated carbocycles. The Labute approximate surface area is 168 Å². The maximum absolute atomic E-state index is 13.8. The third-order valence-corrected chi connectivity index (χ3v) is 7.29. The first-order valence-electron chi connectivity index (χ1n) is 10.8. The number of benzene rings is 1. The van der Waals surface area contributed by atoms with Crippen molar-refractivity contribution in [3.05, 3.63) is 30.1 Å². The van der Waals surface area contributed by atoms with Gasteiger partial charge in [-0.2, -0.15) is 0 Å². The van der Waals surface area contributed by atoms with Gasteiger partial charge in [0.2, 0.25) is 5.91 Å². The van der Waals surface area contributed by atoms with E-state index in [2.05, 4.69) is 35.6 Å². The number of hydrogen-bond acceptors (Lipinski definition) is 3. The molecule has 3 aliphatic rings. The molecule has 1 atom stereocenters. The fraction of sp³-hybridized carbons (Fsp3) is 0.696. The van der Waals surface area contributed by atoms with Crippen LogP contribution in [0, 0.1) is 5.82 Å². The number of carbonyl (C=O) groups is 1. The highest BCUT2D eigenvalue weighted by Crippen LogP contribution is 2.47. The van der Waals surface area contributed by atoms with Gasteiger partial charge in [0.15, 0.2) is 0 Å². The number of likely N-dealkylation sites (tertiary alicyclic amines) is 1. The molecule has 2 saturated heterocycles. The first-order chi connectivity index (χ1) is 13.3. The Morgan fingerprint density at radius 2 is 2.00 bits per heavy atom. The van der Waals surface area contributed by atoms with E-state index in [-0.39, 0.29) is 22.8 Å². The summed E-state index contributed by atoms with van der Waals surface area (Å²) < 4.78 is 13.8. The van der Waals surface area contributed by atoms with Gasteiger partial charge in [-0.1, -0.05) is 18.9 Å². The Bertz CT molecular complexity index is 730. The summed E-state index contributed by atoms with van der Waals surface area (Å²) in [5, 5.41) is 0. The summed E-state index contributed by atoms with van der Waals surface area (Å²) >= 11 is 0. The zero-order chi connectivity index (χ0) is 19.9. The SMILES string of the molecule is CN(CC(=O)N1CCCC12CN(c1cccc(F)c1)C(C)(C)C2)C1CCCC1. The van der Waals surface area contributed by atoms with E-state index < -0.39 is 0 Å². The van der Waals surface area contributed by atoms with Crippen LogP contribution in [0.1, 0.15) is 58.8 Å². The third kappa shape index (κ3) is 3.54. The molecule has 0 aromatic heterocycles. The molecule has 2 heterocycles. The number of anilines is 1. The summed E-state index contributed by atoms with van der Waals surface area (Å²) in [6.45, 7) is 6.61. The van der Waals surface area contributed by atoms with Crippen molar-refractivity contribution >= 4 is 11.6 Å². The third-order valence-electron chi connectivity index (χ3n) is 7.29. The molecule has 3 fully saturated rings. The van der Waals surface area contributed by atoms with Crippen molar-refractivity contribution in [2.24, 2.45) is 0 Å². The summed E-state index contributed by atoms with van der Waals surface area (Å²) in [7, 11) is 2.11. The Balaban J connectivity index is 1.52. The van der Waals surface area contributed by atoms with E-state index in [1.165, 1.54) is 31.7 Å². The first-order valence-corrected chi connectivity index (χ1v) is 10.8. The van der Waals surface area contributed by atoms with Gasteiger partial charge in [0.1, 0.15) is 5.82 Å². The average molecular weight is 388 g/mol. The predicted octanol–water partition coefficient (Wildman–Crippen LogP) is 4.05. The maximum Gasteiger partial charge on any atom is 0.237 e. The normalized spacial score (nSPS) is 27.5. The standard InChI is InChI=1S/C23H34FN3O/c1-22(2)16-23(17-27(22)20-11-6-8-18(24)14-20)12-7-13-26(23)21(28)15-25(3)19-9-4-5-10-19/h6,8,11,14,19H,4-5,7,9-10,12-13,15-17H2,1-3H3. The lowest BCUT2D eigenvalue weighted by atomic mass is 9.87. The molecule has 0 N–H and O–H groups in total. The summed E-state index contributed by atoms with van der Waals surface area (Å²) in [6.07, 6.45) is 8.05. The minimum atomic E-state index is -0.202. The van der Waals surface area contributed by atoms with Crippen LogP contribution in [0.4, 0.5) is 10.1 Å². The second-order valence-corrected chi connectivity index (χ2v) is 9.78. The summed E-state index contributed by atoms with van der Waals surface area (Å²) in [5.41, 5.74) is 0.696. The lowest BCUT2D eigenvalue weighted by molar-refractivity contribution is -0.136. The van der Waals surface area contributed by atoms with Crippen molar-refractivity contribution in [3.8, 4) is 0 Å². The van der Waals surface area contributed by atoms with Gasteiger partial charge < -0.3 is 9.80 Å². The molecule has 1 amide bonds. The highest BCUT2D eigenvalue weighted by Gasteiger charge is 2.54. The molecule has 1 unspecified atom stereocenters. The van der Waals surface area contributed by atoms with Crippen LogP contribution in [-0.2, 0) is 4.79 Å². The lowest BCUT2D eigenvalue weighted by Crippen LogP contribution is -2.52. The van der Waals surface area contributed by atoms with E-state index in [4.69, 9.17) is 0 Å². The molecule has 0 radical (unpaired) electrons. The van der Waals surface area contributed by atoms with E-state index >= 15 is 0 Å². The van der Waals surface area contributed by atoms with Gasteiger partial charge in [-0.15, -0.1) is 0 Å². The largest absolute Gasteiger partial charge is 0.364 e. The second-order valence-electron chi connectivity index (χ2n) is 9.78. The molecule has 1 aromatic carbocycles. The van der Waals surface area contributed by atoms with E-state index in [0.717, 1.165) is 38.0 Å². The molecule has 1 aliphatic carbocycles. The fourth-order valence-corrected chi connectivity index (χ4v) is 6.00. The molecular weight excluding hydrogens is 353 g/mol. The Hall–Kier alpha value is -1.62. The van der Waals surface area contributed by atoms with Gasteiger partial charge in [0, 0.05) is 30.4 Å². The van der Waals surface area contributed by atoms with Gasteiger partial charge >= 0.3 is 0 Å². The smallest absolute Gasteiger partial charge is 0.237 e. The molecule has 154 valence electrons. The van der Waals surface area contributed by atoms with Crippen LogP contribution in [0.5, 0.6) is 0 Å². The topological polar surface area (TPSA) is 26.8 Å². The number of likely N-dealkylation sites (N-methyl/N-ethyl adjacent to an activating group) is 1. The Kier molecular flexibility index (Phi) is 5.15. The van der Waals surface area contributed by atoms with E-state index in [0.29, 0.717) is 12.6 Å². The van der Waals surface area contributed by atoms with Gasteiger partial charge in [-0.3, -0.25) is 9.69 Å². The predicted molar refractivity (Wildman–Crippen MR) is 111 cm³/mol. The van der Waals surface area contributed by atoms with E-state index in [9.17, 15) is 9.18 Å². The molecule has 0 bridgehead atoms. The van der Waals surface area contributed by atoms with Gasteiger partial charge in [0.25, 0.3) is 0 Å². The van der Waals surface area contributed by atoms with E-state index in [1.807, 2.05) is 6.07 Å². The molecule has 5 heteroatoms. The highest BCUT2D eigenvalue weighted by molar-refractivity contribution is 5.80. The number of hydrogen-bond donors (Lipinski definition) is 0. The number of halogens is 1. The minimum Gasteiger partial charge on any atom is -0.364 e. The Morgan fingerprint density at radius 3 is 2.71 bits per heavy atom. The van der Waals surface area contributed by atoms with Crippen LogP contribution in [0.2, 0.25) is 0 Å². The van der Waals surface area contributed by atoms with Crippen molar-refractivity contribution in [1.82, 2.24) is 9.80 Å². The summed E-state index contributed by atoms with van der Waals surface area (Å²) in [4.78, 5) is 20.0. The van der Waals surface area contributed by atoms with Crippen molar-refractivity contribution in [2.45, 2.75) is 75.9 Å². The monoisotopic (exact) mass is 387 g/mol. The summed E-state index contributed by atoms with van der Waals surface area (Å²) in [6, 6.07) is 7.44. The quantitative estimate of drug-likeness (QED) is 0.780. The molecule has 1 spiro atoms.